The topological polar surface area (TPSA) is 64.5 Å². The van der Waals surface area contributed by atoms with E-state index in [-0.39, 0.29) is 21.7 Å². The fourth-order valence-corrected chi connectivity index (χ4v) is 4.97. The van der Waals surface area contributed by atoms with Gasteiger partial charge < -0.3 is 20.8 Å². The van der Waals surface area contributed by atoms with Gasteiger partial charge in [0.05, 0.1) is 0 Å². The summed E-state index contributed by atoms with van der Waals surface area (Å²) in [6.45, 7) is 29.6. The van der Waals surface area contributed by atoms with Gasteiger partial charge in [0.15, 0.2) is 0 Å². The molecule has 0 saturated heterocycles. The number of unbranched alkanes of at least 4 members (excludes halogenated alkanes) is 3. The van der Waals surface area contributed by atoms with Gasteiger partial charge in [-0.05, 0) is 69.8 Å². The smallest absolute Gasteiger partial charge is 0.123 e. The van der Waals surface area contributed by atoms with E-state index >= 15 is 0 Å². The first-order valence-electron chi connectivity index (χ1n) is 15.4. The molecule has 226 valence electrons. The summed E-state index contributed by atoms with van der Waals surface area (Å²) in [5.41, 5.74) is 6.47. The summed E-state index contributed by atoms with van der Waals surface area (Å²) in [7, 11) is 0. The van der Waals surface area contributed by atoms with E-state index in [9.17, 15) is 10.2 Å². The molecule has 0 bridgehead atoms. The summed E-state index contributed by atoms with van der Waals surface area (Å²) >= 11 is 0. The van der Waals surface area contributed by atoms with Gasteiger partial charge >= 0.3 is 0 Å². The maximum atomic E-state index is 11.0. The maximum absolute atomic E-state index is 11.0. The molecule has 2 aromatic carbocycles. The standard InChI is InChI=1S/C36H60N2O2/c1-33(2,3)27-19-25(31(39)29(21-27)35(7,8)9)23-37-17-15-13-14-16-18-38-24-26-20-28(34(4,5)6)22-30(32(26)40)36(10,11)12/h19-22,37-40H,13-18,23-24H2,1-12H3. The molecule has 0 atom stereocenters. The highest BCUT2D eigenvalue weighted by Gasteiger charge is 2.26. The normalized spacial score (nSPS) is 13.2. The third-order valence-corrected chi connectivity index (χ3v) is 7.81. The lowest BCUT2D eigenvalue weighted by Gasteiger charge is -2.27. The van der Waals surface area contributed by atoms with Gasteiger partial charge in [0.25, 0.3) is 0 Å². The van der Waals surface area contributed by atoms with Crippen molar-refractivity contribution < 1.29 is 10.2 Å². The highest BCUT2D eigenvalue weighted by atomic mass is 16.3. The summed E-state index contributed by atoms with van der Waals surface area (Å²) in [6, 6.07) is 8.70. The van der Waals surface area contributed by atoms with Crippen molar-refractivity contribution >= 4 is 0 Å². The van der Waals surface area contributed by atoms with Crippen LogP contribution in [-0.2, 0) is 34.7 Å². The molecule has 2 aromatic rings. The molecule has 0 aromatic heterocycles. The zero-order valence-electron chi connectivity index (χ0n) is 27.9. The van der Waals surface area contributed by atoms with E-state index in [1.54, 1.807) is 0 Å². The van der Waals surface area contributed by atoms with Crippen LogP contribution in [0.2, 0.25) is 0 Å². The summed E-state index contributed by atoms with van der Waals surface area (Å²) in [6.07, 6.45) is 4.59. The molecule has 0 fully saturated rings. The fourth-order valence-electron chi connectivity index (χ4n) is 4.97. The minimum Gasteiger partial charge on any atom is -0.507 e. The third kappa shape index (κ3) is 9.80. The quantitative estimate of drug-likeness (QED) is 0.210. The maximum Gasteiger partial charge on any atom is 0.123 e. The zero-order valence-corrected chi connectivity index (χ0v) is 27.9. The van der Waals surface area contributed by atoms with Crippen LogP contribution in [0.25, 0.3) is 0 Å². The van der Waals surface area contributed by atoms with Gasteiger partial charge in [-0.25, -0.2) is 0 Å². The Bertz CT molecular complexity index is 1020. The average molecular weight is 553 g/mol. The number of aromatic hydroxyl groups is 2. The van der Waals surface area contributed by atoms with E-state index < -0.39 is 0 Å². The lowest BCUT2D eigenvalue weighted by atomic mass is 9.79. The lowest BCUT2D eigenvalue weighted by Crippen LogP contribution is -2.20. The van der Waals surface area contributed by atoms with Crippen LogP contribution < -0.4 is 10.6 Å². The molecule has 4 N–H and O–H groups in total. The largest absolute Gasteiger partial charge is 0.507 e. The van der Waals surface area contributed by atoms with Gasteiger partial charge in [-0.2, -0.15) is 0 Å². The van der Waals surface area contributed by atoms with E-state index in [4.69, 9.17) is 0 Å². The Hall–Kier alpha value is -2.04. The van der Waals surface area contributed by atoms with Crippen molar-refractivity contribution in [1.82, 2.24) is 10.6 Å². The average Bonchev–Trinajstić information content (AvgIpc) is 2.79. The first kappa shape index (κ1) is 34.2. The molecule has 0 spiro atoms. The van der Waals surface area contributed by atoms with Crippen LogP contribution >= 0.6 is 0 Å². The molecule has 4 heteroatoms. The molecule has 0 aliphatic rings. The Morgan fingerprint density at radius 3 is 1.07 bits per heavy atom. The monoisotopic (exact) mass is 552 g/mol. The molecule has 0 aliphatic carbocycles. The molecule has 2 rings (SSSR count). The van der Waals surface area contributed by atoms with Gasteiger partial charge in [-0.15, -0.1) is 0 Å². The van der Waals surface area contributed by atoms with Crippen LogP contribution in [-0.4, -0.2) is 23.3 Å². The Kier molecular flexibility index (Phi) is 11.4. The molecule has 0 radical (unpaired) electrons. The summed E-state index contributed by atoms with van der Waals surface area (Å²) in [5.74, 6) is 0.875. The van der Waals surface area contributed by atoms with E-state index in [1.165, 1.54) is 24.0 Å². The lowest BCUT2D eigenvalue weighted by molar-refractivity contribution is 0.433. The number of benzene rings is 2. The van der Waals surface area contributed by atoms with Crippen LogP contribution in [0, 0.1) is 0 Å². The van der Waals surface area contributed by atoms with E-state index in [2.05, 4.69) is 118 Å². The second kappa shape index (κ2) is 13.3. The Labute approximate surface area is 246 Å². The molecule has 0 unspecified atom stereocenters. The van der Waals surface area contributed by atoms with E-state index in [0.29, 0.717) is 24.6 Å². The molecule has 0 aliphatic heterocycles. The number of nitrogens with one attached hydrogen (secondary N) is 2. The Morgan fingerprint density at radius 1 is 0.475 bits per heavy atom. The summed E-state index contributed by atoms with van der Waals surface area (Å²) in [5, 5.41) is 29.1. The van der Waals surface area contributed by atoms with Crippen molar-refractivity contribution in [1.29, 1.82) is 0 Å². The molecule has 0 heterocycles. The van der Waals surface area contributed by atoms with Crippen molar-refractivity contribution in [2.75, 3.05) is 13.1 Å². The van der Waals surface area contributed by atoms with E-state index in [1.807, 2.05) is 0 Å². The minimum atomic E-state index is -0.100. The van der Waals surface area contributed by atoms with E-state index in [0.717, 1.165) is 48.2 Å². The summed E-state index contributed by atoms with van der Waals surface area (Å²) in [4.78, 5) is 0. The van der Waals surface area contributed by atoms with Crippen molar-refractivity contribution in [3.8, 4) is 11.5 Å². The molecular weight excluding hydrogens is 492 g/mol. The van der Waals surface area contributed by atoms with Crippen LogP contribution in [0.5, 0.6) is 11.5 Å². The van der Waals surface area contributed by atoms with Crippen molar-refractivity contribution in [2.24, 2.45) is 0 Å². The molecule has 0 saturated carbocycles. The Balaban J connectivity index is 1.81. The first-order chi connectivity index (χ1) is 18.2. The van der Waals surface area contributed by atoms with Crippen LogP contribution in [0.4, 0.5) is 0 Å². The van der Waals surface area contributed by atoms with Gasteiger partial charge in [0.1, 0.15) is 11.5 Å². The van der Waals surface area contributed by atoms with Crippen molar-refractivity contribution in [2.45, 2.75) is 144 Å². The third-order valence-electron chi connectivity index (χ3n) is 7.81. The predicted molar refractivity (Wildman–Crippen MR) is 173 cm³/mol. The van der Waals surface area contributed by atoms with Crippen LogP contribution in [0.1, 0.15) is 142 Å². The SMILES string of the molecule is CC(C)(C)c1cc(CNCCCCCCNCc2cc(C(C)(C)C)cc(C(C)(C)C)c2O)c(O)c(C(C)(C)C)c1. The molecular formula is C36H60N2O2. The van der Waals surface area contributed by atoms with Gasteiger partial charge in [-0.1, -0.05) is 120 Å². The van der Waals surface area contributed by atoms with Crippen molar-refractivity contribution in [3.05, 3.63) is 57.6 Å². The van der Waals surface area contributed by atoms with Crippen LogP contribution in [0.15, 0.2) is 24.3 Å². The molecule has 4 nitrogen and oxygen atoms in total. The highest BCUT2D eigenvalue weighted by Crippen LogP contribution is 2.39. The van der Waals surface area contributed by atoms with Crippen LogP contribution in [0.3, 0.4) is 0 Å². The van der Waals surface area contributed by atoms with Gasteiger partial charge in [0, 0.05) is 24.2 Å². The minimum absolute atomic E-state index is 0.0412. The van der Waals surface area contributed by atoms with Crippen molar-refractivity contribution in [3.63, 3.8) is 0 Å². The van der Waals surface area contributed by atoms with Gasteiger partial charge in [-0.3, -0.25) is 0 Å². The number of hydrogen-bond donors (Lipinski definition) is 4. The number of rotatable bonds is 11. The number of phenols is 2. The second-order valence-electron chi connectivity index (χ2n) is 15.8. The number of hydrogen-bond acceptors (Lipinski definition) is 4. The Morgan fingerprint density at radius 2 is 0.800 bits per heavy atom. The second-order valence-corrected chi connectivity index (χ2v) is 15.8. The molecule has 0 amide bonds. The first-order valence-corrected chi connectivity index (χ1v) is 15.4. The number of phenolic OH excluding ortho intramolecular Hbond substituents is 2. The predicted octanol–water partition coefficient (Wildman–Crippen LogP) is 8.73. The molecule has 40 heavy (non-hydrogen) atoms. The fraction of sp³-hybridized carbons (Fsp3) is 0.667. The zero-order chi connectivity index (χ0) is 30.5. The highest BCUT2D eigenvalue weighted by molar-refractivity contribution is 5.49. The van der Waals surface area contributed by atoms with Gasteiger partial charge in [0.2, 0.25) is 0 Å². The summed E-state index contributed by atoms with van der Waals surface area (Å²) < 4.78 is 0.